The summed E-state index contributed by atoms with van der Waals surface area (Å²) in [6.07, 6.45) is 2.62. The number of benzene rings is 1. The van der Waals surface area contributed by atoms with Crippen LogP contribution in [0.2, 0.25) is 5.15 Å². The number of carbonyl (C=O) groups excluding carboxylic acids is 1. The topological polar surface area (TPSA) is 78.7 Å². The smallest absolute Gasteiger partial charge is 0.275 e. The normalized spacial score (nSPS) is 10.8. The Kier molecular flexibility index (Phi) is 4.20. The lowest BCUT2D eigenvalue weighted by Crippen LogP contribution is -2.15. The molecule has 1 aromatic heterocycles. The van der Waals surface area contributed by atoms with E-state index in [1.54, 1.807) is 12.1 Å². The number of hydrogen-bond donors (Lipinski definition) is 1. The van der Waals surface area contributed by atoms with Crippen LogP contribution in [0.25, 0.3) is 0 Å². The summed E-state index contributed by atoms with van der Waals surface area (Å²) in [6.45, 7) is 3.67. The molecule has 1 aromatic carbocycles. The summed E-state index contributed by atoms with van der Waals surface area (Å²) in [5.74, 6) is -0.369. The van der Waals surface area contributed by atoms with Crippen molar-refractivity contribution in [1.82, 2.24) is 9.97 Å². The summed E-state index contributed by atoms with van der Waals surface area (Å²) < 4.78 is 0. The predicted octanol–water partition coefficient (Wildman–Crippen LogP) is 3.18. The molecule has 21 heavy (non-hydrogen) atoms. The lowest BCUT2D eigenvalue weighted by Gasteiger charge is -2.16. The minimum atomic E-state index is -0.565. The van der Waals surface area contributed by atoms with Gasteiger partial charge < -0.3 is 5.32 Å². The minimum Gasteiger partial charge on any atom is -0.321 e. The van der Waals surface area contributed by atoms with Gasteiger partial charge in [-0.25, -0.2) is 9.97 Å². The van der Waals surface area contributed by atoms with Crippen molar-refractivity contribution in [3.8, 4) is 6.07 Å². The number of hydrogen-bond acceptors (Lipinski definition) is 4. The average molecular weight is 301 g/mol. The summed E-state index contributed by atoms with van der Waals surface area (Å²) in [5.41, 5.74) is 1.12. The van der Waals surface area contributed by atoms with E-state index in [-0.39, 0.29) is 16.8 Å². The van der Waals surface area contributed by atoms with Crippen LogP contribution in [0.1, 0.15) is 29.9 Å². The Morgan fingerprint density at radius 2 is 1.90 bits per heavy atom. The van der Waals surface area contributed by atoms with E-state index in [4.69, 9.17) is 16.9 Å². The summed E-state index contributed by atoms with van der Waals surface area (Å²) in [5, 5.41) is 12.0. The second-order valence-electron chi connectivity index (χ2n) is 4.99. The second kappa shape index (κ2) is 5.90. The zero-order chi connectivity index (χ0) is 15.5. The summed E-state index contributed by atoms with van der Waals surface area (Å²) in [4.78, 5) is 19.7. The van der Waals surface area contributed by atoms with Crippen molar-refractivity contribution < 1.29 is 4.79 Å². The molecule has 0 spiro atoms. The number of anilines is 1. The molecule has 1 N–H and O–H groups in total. The highest BCUT2D eigenvalue weighted by Crippen LogP contribution is 2.23. The molecule has 0 radical (unpaired) electrons. The molecule has 0 bridgehead atoms. The van der Waals surface area contributed by atoms with Crippen LogP contribution >= 0.6 is 11.6 Å². The Morgan fingerprint density at radius 3 is 2.43 bits per heavy atom. The number of nitriles is 1. The van der Waals surface area contributed by atoms with Crippen molar-refractivity contribution in [1.29, 1.82) is 5.26 Å². The molecule has 1 amide bonds. The first-order valence-corrected chi connectivity index (χ1v) is 6.61. The number of rotatable bonds is 3. The maximum Gasteiger partial charge on any atom is 0.275 e. The van der Waals surface area contributed by atoms with E-state index in [1.807, 2.05) is 26.0 Å². The van der Waals surface area contributed by atoms with Gasteiger partial charge in [0.1, 0.15) is 10.8 Å². The Morgan fingerprint density at radius 1 is 1.24 bits per heavy atom. The average Bonchev–Trinajstić information content (AvgIpc) is 2.48. The summed E-state index contributed by atoms with van der Waals surface area (Å²) in [7, 11) is 0. The quantitative estimate of drug-likeness (QED) is 0.944. The van der Waals surface area contributed by atoms with Crippen molar-refractivity contribution >= 4 is 23.2 Å². The highest BCUT2D eigenvalue weighted by atomic mass is 35.5. The monoisotopic (exact) mass is 300 g/mol. The molecule has 0 aliphatic carbocycles. The third-order valence-electron chi connectivity index (χ3n) is 3.00. The van der Waals surface area contributed by atoms with Crippen LogP contribution in [0, 0.1) is 11.3 Å². The van der Waals surface area contributed by atoms with Gasteiger partial charge >= 0.3 is 0 Å². The zero-order valence-electron chi connectivity index (χ0n) is 11.6. The van der Waals surface area contributed by atoms with E-state index < -0.39 is 5.41 Å². The zero-order valence-corrected chi connectivity index (χ0v) is 12.3. The first-order chi connectivity index (χ1) is 9.92. The fraction of sp³-hybridized carbons (Fsp3) is 0.200. The van der Waals surface area contributed by atoms with Gasteiger partial charge in [0.05, 0.1) is 23.9 Å². The van der Waals surface area contributed by atoms with E-state index in [1.165, 1.54) is 12.4 Å². The highest BCUT2D eigenvalue weighted by molar-refractivity contribution is 6.29. The number of amides is 1. The SMILES string of the molecule is CC(C)(C#N)c1ccc(NC(=O)c2cnc(Cl)cn2)cc1. The number of halogens is 1. The molecule has 1 heterocycles. The van der Waals surface area contributed by atoms with Gasteiger partial charge in [-0.1, -0.05) is 23.7 Å². The van der Waals surface area contributed by atoms with Crippen LogP contribution in [-0.2, 0) is 5.41 Å². The van der Waals surface area contributed by atoms with Gasteiger partial charge in [-0.2, -0.15) is 5.26 Å². The first kappa shape index (κ1) is 14.9. The van der Waals surface area contributed by atoms with Crippen molar-refractivity contribution in [3.05, 3.63) is 53.1 Å². The van der Waals surface area contributed by atoms with Crippen LogP contribution in [0.5, 0.6) is 0 Å². The van der Waals surface area contributed by atoms with Crippen LogP contribution in [0.3, 0.4) is 0 Å². The summed E-state index contributed by atoms with van der Waals surface area (Å²) >= 11 is 5.62. The van der Waals surface area contributed by atoms with Gasteiger partial charge in [0.25, 0.3) is 5.91 Å². The van der Waals surface area contributed by atoms with Crippen LogP contribution in [-0.4, -0.2) is 15.9 Å². The number of aromatic nitrogens is 2. The molecule has 2 rings (SSSR count). The molecule has 0 saturated heterocycles. The molecule has 0 unspecified atom stereocenters. The molecule has 5 nitrogen and oxygen atoms in total. The Balaban J connectivity index is 2.12. The van der Waals surface area contributed by atoms with Crippen LogP contribution in [0.4, 0.5) is 5.69 Å². The van der Waals surface area contributed by atoms with Crippen molar-refractivity contribution in [2.75, 3.05) is 5.32 Å². The molecule has 106 valence electrons. The van der Waals surface area contributed by atoms with Gasteiger partial charge in [-0.3, -0.25) is 4.79 Å². The highest BCUT2D eigenvalue weighted by Gasteiger charge is 2.19. The fourth-order valence-electron chi connectivity index (χ4n) is 1.66. The van der Waals surface area contributed by atoms with Gasteiger partial charge in [0.15, 0.2) is 0 Å². The number of nitrogens with zero attached hydrogens (tertiary/aromatic N) is 3. The first-order valence-electron chi connectivity index (χ1n) is 6.23. The molecule has 0 saturated carbocycles. The van der Waals surface area contributed by atoms with E-state index in [9.17, 15) is 4.79 Å². The molecule has 0 atom stereocenters. The molecule has 0 fully saturated rings. The van der Waals surface area contributed by atoms with Crippen LogP contribution in [0.15, 0.2) is 36.7 Å². The molecule has 0 aliphatic rings. The number of nitrogens with one attached hydrogen (secondary N) is 1. The van der Waals surface area contributed by atoms with Crippen molar-refractivity contribution in [2.24, 2.45) is 0 Å². The third kappa shape index (κ3) is 3.56. The molecule has 0 aliphatic heterocycles. The summed E-state index contributed by atoms with van der Waals surface area (Å²) in [6, 6.07) is 9.35. The van der Waals surface area contributed by atoms with E-state index >= 15 is 0 Å². The Labute approximate surface area is 127 Å². The lowest BCUT2D eigenvalue weighted by molar-refractivity contribution is 0.102. The fourth-order valence-corrected chi connectivity index (χ4v) is 1.76. The van der Waals surface area contributed by atoms with Gasteiger partial charge in [-0.15, -0.1) is 0 Å². The van der Waals surface area contributed by atoms with Crippen LogP contribution < -0.4 is 5.32 Å². The van der Waals surface area contributed by atoms with Gasteiger partial charge in [0, 0.05) is 5.69 Å². The standard InChI is InChI=1S/C15H13ClN4O/c1-15(2,9-17)10-3-5-11(6-4-10)20-14(21)12-7-19-13(16)8-18-12/h3-8H,1-2H3,(H,20,21). The maximum absolute atomic E-state index is 12.0. The largest absolute Gasteiger partial charge is 0.321 e. The van der Waals surface area contributed by atoms with Gasteiger partial charge in [0.2, 0.25) is 0 Å². The van der Waals surface area contributed by atoms with Crippen molar-refractivity contribution in [2.45, 2.75) is 19.3 Å². The van der Waals surface area contributed by atoms with Gasteiger partial charge in [-0.05, 0) is 31.5 Å². The third-order valence-corrected chi connectivity index (χ3v) is 3.19. The van der Waals surface area contributed by atoms with E-state index in [0.717, 1.165) is 5.56 Å². The lowest BCUT2D eigenvalue weighted by atomic mass is 9.86. The number of carbonyl (C=O) groups is 1. The molecular weight excluding hydrogens is 288 g/mol. The van der Waals surface area contributed by atoms with Crippen molar-refractivity contribution in [3.63, 3.8) is 0 Å². The maximum atomic E-state index is 12.0. The minimum absolute atomic E-state index is 0.181. The van der Waals surface area contributed by atoms with E-state index in [2.05, 4.69) is 21.4 Å². The molecule has 6 heteroatoms. The Bertz CT molecular complexity index is 687. The predicted molar refractivity (Wildman–Crippen MR) is 80.1 cm³/mol. The molecular formula is C15H13ClN4O. The molecule has 2 aromatic rings. The van der Waals surface area contributed by atoms with E-state index in [0.29, 0.717) is 5.69 Å². The second-order valence-corrected chi connectivity index (χ2v) is 5.38. The Hall–Kier alpha value is -2.45.